The van der Waals surface area contributed by atoms with Gasteiger partial charge in [0.15, 0.2) is 0 Å². The fourth-order valence-corrected chi connectivity index (χ4v) is 9.13. The van der Waals surface area contributed by atoms with Crippen LogP contribution in [0.15, 0.2) is 36.9 Å². The second kappa shape index (κ2) is 13.1. The molecule has 3 aliphatic heterocycles. The summed E-state index contributed by atoms with van der Waals surface area (Å²) in [4.78, 5) is 31.9. The summed E-state index contributed by atoms with van der Waals surface area (Å²) in [7, 11) is 3.46. The average molecular weight is 699 g/mol. The van der Waals surface area contributed by atoms with E-state index in [4.69, 9.17) is 31.7 Å². The van der Waals surface area contributed by atoms with E-state index < -0.39 is 17.5 Å². The van der Waals surface area contributed by atoms with Crippen molar-refractivity contribution >= 4 is 54.7 Å². The van der Waals surface area contributed by atoms with Crippen LogP contribution in [-0.4, -0.2) is 96.5 Å². The largest absolute Gasteiger partial charge is 0.461 e. The topological polar surface area (TPSA) is 125 Å². The van der Waals surface area contributed by atoms with Crippen LogP contribution in [0.25, 0.3) is 37.0 Å². The Balaban J connectivity index is 1.39. The van der Waals surface area contributed by atoms with Gasteiger partial charge >= 0.3 is 6.01 Å². The van der Waals surface area contributed by atoms with Crippen LogP contribution in [0, 0.1) is 23.7 Å². The van der Waals surface area contributed by atoms with E-state index in [2.05, 4.69) is 22.4 Å². The second-order valence-corrected chi connectivity index (χ2v) is 14.2. The van der Waals surface area contributed by atoms with Gasteiger partial charge < -0.3 is 25.0 Å². The van der Waals surface area contributed by atoms with E-state index in [1.807, 2.05) is 11.9 Å². The molecule has 11 nitrogen and oxygen atoms in total. The van der Waals surface area contributed by atoms with E-state index in [9.17, 15) is 18.8 Å². The molecule has 2 N–H and O–H groups in total. The van der Waals surface area contributed by atoms with Gasteiger partial charge in [0, 0.05) is 50.0 Å². The number of likely N-dealkylation sites (N-methyl/N-ethyl adjacent to an activating group) is 1. The highest BCUT2D eigenvalue weighted by atomic mass is 32.1. The summed E-state index contributed by atoms with van der Waals surface area (Å²) >= 11 is 0.991. The van der Waals surface area contributed by atoms with Gasteiger partial charge in [-0.3, -0.25) is 9.69 Å². The number of hydrogen-bond donors (Lipinski definition) is 1. The van der Waals surface area contributed by atoms with Crippen LogP contribution in [0.2, 0.25) is 0 Å². The zero-order valence-corrected chi connectivity index (χ0v) is 28.6. The number of ether oxygens (including phenoxy) is 2. The number of amides is 1. The third kappa shape index (κ3) is 5.39. The number of nitrogen functional groups attached to an aromatic ring is 1. The Kier molecular flexibility index (Phi) is 8.80. The van der Waals surface area contributed by atoms with Crippen LogP contribution in [0.3, 0.4) is 0 Å². The molecule has 0 radical (unpaired) electrons. The lowest BCUT2D eigenvalue weighted by atomic mass is 9.94. The lowest BCUT2D eigenvalue weighted by molar-refractivity contribution is -0.127. The van der Waals surface area contributed by atoms with E-state index in [0.717, 1.165) is 30.7 Å². The van der Waals surface area contributed by atoms with Gasteiger partial charge in [-0.15, -0.1) is 11.3 Å². The van der Waals surface area contributed by atoms with Gasteiger partial charge in [-0.1, -0.05) is 18.7 Å². The van der Waals surface area contributed by atoms with E-state index in [-0.39, 0.29) is 58.2 Å². The summed E-state index contributed by atoms with van der Waals surface area (Å²) in [5.41, 5.74) is 7.22. The van der Waals surface area contributed by atoms with Crippen LogP contribution in [0.4, 0.5) is 25.3 Å². The summed E-state index contributed by atoms with van der Waals surface area (Å²) in [5.74, 6) is -0.225. The number of likely N-dealkylation sites (tertiary alicyclic amines) is 1. The van der Waals surface area contributed by atoms with Crippen LogP contribution in [0.5, 0.6) is 6.01 Å². The van der Waals surface area contributed by atoms with Crippen LogP contribution >= 0.6 is 11.3 Å². The standard InChI is InChI=1S/C36H36F2N8O3S/c1-5-28(47)46-14-11-26(27(46)18-48-4)44(3)34-23-8-7-21(22-9-10-25(38)32-29(22)31(41-2)33(40)50-32)24(16-39)30(23)42-35(43-34)49-19-36-12-6-13-45(36)17-20(37)15-36/h5,7-10,20,26-27H,1,6,11-15,17-19,40H2,3-4H3/t20-,26?,27-,36+/m1/s1. The summed E-state index contributed by atoms with van der Waals surface area (Å²) in [6.07, 6.45) is 3.08. The minimum atomic E-state index is -0.939. The SMILES string of the molecule is [C-]#[N+]c1c(N)sc2c(F)ccc(-c3ccc4c(N(C)C5CCN(C(=O)C=C)[C@@H]5COC)nc(OC[C@@]56CCCN5C[C@H](F)C6)nc4c3C#N)c12. The number of anilines is 2. The highest BCUT2D eigenvalue weighted by Gasteiger charge is 2.49. The van der Waals surface area contributed by atoms with Gasteiger partial charge in [-0.05, 0) is 49.6 Å². The molecule has 3 saturated heterocycles. The average Bonchev–Trinajstić information content (AvgIpc) is 3.87. The van der Waals surface area contributed by atoms with Gasteiger partial charge in [0.2, 0.25) is 11.6 Å². The van der Waals surface area contributed by atoms with E-state index >= 15 is 0 Å². The normalized spacial score (nSPS) is 23.2. The number of aromatic nitrogens is 2. The van der Waals surface area contributed by atoms with Gasteiger partial charge in [-0.25, -0.2) is 13.6 Å². The summed E-state index contributed by atoms with van der Waals surface area (Å²) < 4.78 is 41.7. The quantitative estimate of drug-likeness (QED) is 0.169. The number of benzene rings is 2. The minimum absolute atomic E-state index is 0.0303. The van der Waals surface area contributed by atoms with Crippen molar-refractivity contribution < 1.29 is 23.0 Å². The lowest BCUT2D eigenvalue weighted by Crippen LogP contribution is -2.48. The van der Waals surface area contributed by atoms with E-state index in [1.54, 1.807) is 30.2 Å². The highest BCUT2D eigenvalue weighted by molar-refractivity contribution is 7.23. The molecule has 258 valence electrons. The molecule has 7 rings (SSSR count). The summed E-state index contributed by atoms with van der Waals surface area (Å²) in [6, 6.07) is 8.23. The number of nitriles is 1. The van der Waals surface area contributed by atoms with Crippen LogP contribution in [0.1, 0.15) is 31.2 Å². The maximum absolute atomic E-state index is 15.0. The molecule has 1 unspecified atom stereocenters. The van der Waals surface area contributed by atoms with Crippen molar-refractivity contribution in [3.05, 3.63) is 59.7 Å². The first kappa shape index (κ1) is 33.6. The molecule has 0 aliphatic carbocycles. The van der Waals surface area contributed by atoms with Crippen LogP contribution < -0.4 is 15.4 Å². The molecule has 4 aromatic rings. The number of carbonyl (C=O) groups excluding carboxylic acids is 1. The number of rotatable bonds is 9. The molecule has 5 heterocycles. The molecule has 4 atom stereocenters. The molecule has 0 spiro atoms. The number of methoxy groups -OCH3 is 1. The van der Waals surface area contributed by atoms with Crippen molar-refractivity contribution in [2.45, 2.75) is 49.5 Å². The number of thiophene rings is 1. The molecule has 50 heavy (non-hydrogen) atoms. The molecule has 2 aromatic heterocycles. The molecule has 14 heteroatoms. The van der Waals surface area contributed by atoms with Crippen molar-refractivity contribution in [3.63, 3.8) is 0 Å². The fraction of sp³-hybridized carbons (Fsp3) is 0.417. The fourth-order valence-electron chi connectivity index (χ4n) is 8.20. The smallest absolute Gasteiger partial charge is 0.319 e. The number of alkyl halides is 1. The summed E-state index contributed by atoms with van der Waals surface area (Å²) in [5, 5.41) is 11.8. The maximum atomic E-state index is 15.0. The lowest BCUT2D eigenvalue weighted by Gasteiger charge is -2.34. The van der Waals surface area contributed by atoms with Crippen molar-refractivity contribution in [3.8, 4) is 23.2 Å². The number of carbonyl (C=O) groups is 1. The molecule has 0 bridgehead atoms. The third-order valence-corrected chi connectivity index (χ3v) is 11.5. The Labute approximate surface area is 292 Å². The van der Waals surface area contributed by atoms with Crippen molar-refractivity contribution in [1.29, 1.82) is 5.26 Å². The first-order valence-corrected chi connectivity index (χ1v) is 17.3. The number of nitrogens with two attached hydrogens (primary N) is 1. The molecular formula is C36H36F2N8O3S. The molecular weight excluding hydrogens is 663 g/mol. The molecule has 1 amide bonds. The van der Waals surface area contributed by atoms with Gasteiger partial charge in [0.05, 0.1) is 51.6 Å². The Morgan fingerprint density at radius 3 is 2.86 bits per heavy atom. The predicted octanol–water partition coefficient (Wildman–Crippen LogP) is 5.85. The first-order valence-electron chi connectivity index (χ1n) is 16.4. The molecule has 3 aliphatic rings. The minimum Gasteiger partial charge on any atom is -0.461 e. The van der Waals surface area contributed by atoms with E-state index in [0.29, 0.717) is 59.2 Å². The highest BCUT2D eigenvalue weighted by Crippen LogP contribution is 2.48. The zero-order chi connectivity index (χ0) is 35.3. The third-order valence-electron chi connectivity index (χ3n) is 10.5. The number of halogens is 2. The Bertz CT molecular complexity index is 2110. The molecule has 0 saturated carbocycles. The summed E-state index contributed by atoms with van der Waals surface area (Å²) in [6.45, 7) is 13.5. The van der Waals surface area contributed by atoms with Crippen LogP contribution in [-0.2, 0) is 9.53 Å². The van der Waals surface area contributed by atoms with Crippen molar-refractivity contribution in [2.24, 2.45) is 0 Å². The number of fused-ring (bicyclic) bond motifs is 3. The van der Waals surface area contributed by atoms with Gasteiger partial charge in [0.1, 0.15) is 30.5 Å². The molecule has 2 aromatic carbocycles. The van der Waals surface area contributed by atoms with Crippen molar-refractivity contribution in [2.75, 3.05) is 57.6 Å². The Morgan fingerprint density at radius 2 is 2.12 bits per heavy atom. The van der Waals surface area contributed by atoms with Gasteiger partial charge in [0.25, 0.3) is 0 Å². The monoisotopic (exact) mass is 698 g/mol. The van der Waals surface area contributed by atoms with E-state index in [1.165, 1.54) is 12.1 Å². The zero-order valence-electron chi connectivity index (χ0n) is 27.8. The number of nitrogens with zero attached hydrogens (tertiary/aromatic N) is 7. The second-order valence-electron chi connectivity index (χ2n) is 13.1. The Morgan fingerprint density at radius 1 is 1.32 bits per heavy atom. The van der Waals surface area contributed by atoms with Crippen molar-refractivity contribution in [1.82, 2.24) is 19.8 Å². The predicted molar refractivity (Wildman–Crippen MR) is 189 cm³/mol. The maximum Gasteiger partial charge on any atom is 0.319 e. The molecule has 3 fully saturated rings. The van der Waals surface area contributed by atoms with Gasteiger partial charge in [-0.2, -0.15) is 15.2 Å². The Hall–Kier alpha value is -4.89. The first-order chi connectivity index (χ1) is 24.1. The number of hydrogen-bond acceptors (Lipinski definition) is 10.